The summed E-state index contributed by atoms with van der Waals surface area (Å²) in [4.78, 5) is 26.5. The van der Waals surface area contributed by atoms with Crippen LogP contribution in [0.1, 0.15) is 50.0 Å². The van der Waals surface area contributed by atoms with E-state index in [-0.39, 0.29) is 23.7 Å². The van der Waals surface area contributed by atoms with E-state index in [9.17, 15) is 9.59 Å². The molecular weight excluding hydrogens is 316 g/mol. The third kappa shape index (κ3) is 4.53. The molecule has 1 aromatic rings. The first-order valence-electron chi connectivity index (χ1n) is 9.39. The number of carbonyl (C=O) groups excluding carboxylic acids is 2. The maximum atomic E-state index is 12.3. The van der Waals surface area contributed by atoms with Gasteiger partial charge in [0.25, 0.3) is 0 Å². The molecule has 1 saturated carbocycles. The summed E-state index contributed by atoms with van der Waals surface area (Å²) >= 11 is 0. The van der Waals surface area contributed by atoms with E-state index in [2.05, 4.69) is 5.32 Å². The number of nitrogens with zero attached hydrogens (tertiary/aromatic N) is 1. The highest BCUT2D eigenvalue weighted by Gasteiger charge is 2.45. The van der Waals surface area contributed by atoms with Gasteiger partial charge in [0.2, 0.25) is 11.8 Å². The lowest BCUT2D eigenvalue weighted by Gasteiger charge is -2.20. The van der Waals surface area contributed by atoms with Gasteiger partial charge in [0, 0.05) is 32.0 Å². The average molecular weight is 344 g/mol. The zero-order valence-electron chi connectivity index (χ0n) is 15.0. The van der Waals surface area contributed by atoms with Gasteiger partial charge in [-0.3, -0.25) is 9.59 Å². The van der Waals surface area contributed by atoms with Gasteiger partial charge in [-0.2, -0.15) is 0 Å². The third-order valence-corrected chi connectivity index (χ3v) is 5.26. The van der Waals surface area contributed by atoms with E-state index in [0.29, 0.717) is 13.0 Å². The van der Waals surface area contributed by atoms with E-state index in [1.54, 1.807) is 7.11 Å². The first-order chi connectivity index (χ1) is 12.2. The Balaban J connectivity index is 1.42. The number of hydrogen-bond donors (Lipinski definition) is 1. The molecule has 5 nitrogen and oxygen atoms in total. The van der Waals surface area contributed by atoms with E-state index >= 15 is 0 Å². The second-order valence-corrected chi connectivity index (χ2v) is 7.03. The molecule has 0 aromatic heterocycles. The number of likely N-dealkylation sites (tertiary alicyclic amines) is 1. The van der Waals surface area contributed by atoms with Crippen LogP contribution < -0.4 is 10.1 Å². The van der Waals surface area contributed by atoms with Crippen LogP contribution in [0.15, 0.2) is 24.3 Å². The molecular formula is C20H28N2O3. The summed E-state index contributed by atoms with van der Waals surface area (Å²) in [6.45, 7) is 2.17. The van der Waals surface area contributed by atoms with Crippen molar-refractivity contribution >= 4 is 11.8 Å². The van der Waals surface area contributed by atoms with Crippen molar-refractivity contribution in [2.75, 3.05) is 26.7 Å². The fourth-order valence-electron chi connectivity index (χ4n) is 3.70. The molecule has 1 saturated heterocycles. The van der Waals surface area contributed by atoms with Crippen molar-refractivity contribution in [3.8, 4) is 5.75 Å². The van der Waals surface area contributed by atoms with Crippen LogP contribution in [-0.4, -0.2) is 43.5 Å². The van der Waals surface area contributed by atoms with Gasteiger partial charge in [-0.15, -0.1) is 0 Å². The number of ether oxygens (including phenoxy) is 1. The quantitative estimate of drug-likeness (QED) is 0.863. The lowest BCUT2D eigenvalue weighted by Crippen LogP contribution is -2.35. The van der Waals surface area contributed by atoms with E-state index < -0.39 is 0 Å². The number of nitrogens with one attached hydrogen (secondary N) is 1. The molecule has 1 aliphatic carbocycles. The molecule has 0 spiro atoms. The van der Waals surface area contributed by atoms with Crippen molar-refractivity contribution < 1.29 is 14.3 Å². The molecule has 1 N–H and O–H groups in total. The van der Waals surface area contributed by atoms with Crippen molar-refractivity contribution in [3.63, 3.8) is 0 Å². The van der Waals surface area contributed by atoms with Crippen LogP contribution in [-0.2, 0) is 9.59 Å². The molecule has 0 radical (unpaired) electrons. The minimum atomic E-state index is 0.00425. The number of carbonyl (C=O) groups is 2. The number of hydrogen-bond acceptors (Lipinski definition) is 3. The molecule has 2 atom stereocenters. The maximum Gasteiger partial charge on any atom is 0.224 e. The molecule has 0 unspecified atom stereocenters. The van der Waals surface area contributed by atoms with Crippen molar-refractivity contribution in [2.45, 2.75) is 44.4 Å². The summed E-state index contributed by atoms with van der Waals surface area (Å²) in [5, 5.41) is 2.94. The molecule has 2 amide bonds. The first-order valence-corrected chi connectivity index (χ1v) is 9.39. The maximum absolute atomic E-state index is 12.3. The molecule has 136 valence electrons. The second-order valence-electron chi connectivity index (χ2n) is 7.03. The normalized spacial score (nSPS) is 22.8. The average Bonchev–Trinajstić information content (AvgIpc) is 3.45. The van der Waals surface area contributed by atoms with Gasteiger partial charge in [-0.1, -0.05) is 31.0 Å². The first kappa shape index (κ1) is 17.8. The fraction of sp³-hybridized carbons (Fsp3) is 0.600. The largest absolute Gasteiger partial charge is 0.496 e. The van der Waals surface area contributed by atoms with E-state index in [0.717, 1.165) is 43.7 Å². The molecule has 2 fully saturated rings. The third-order valence-electron chi connectivity index (χ3n) is 5.26. The zero-order valence-corrected chi connectivity index (χ0v) is 15.0. The predicted octanol–water partition coefficient (Wildman–Crippen LogP) is 2.71. The Morgan fingerprint density at radius 2 is 1.88 bits per heavy atom. The lowest BCUT2D eigenvalue weighted by molar-refractivity contribution is -0.131. The Labute approximate surface area is 149 Å². The van der Waals surface area contributed by atoms with Gasteiger partial charge in [0.05, 0.1) is 7.11 Å². The van der Waals surface area contributed by atoms with Gasteiger partial charge in [-0.05, 0) is 36.8 Å². The number of rotatable bonds is 6. The van der Waals surface area contributed by atoms with Crippen LogP contribution in [0, 0.1) is 5.92 Å². The van der Waals surface area contributed by atoms with Crippen molar-refractivity contribution in [3.05, 3.63) is 29.8 Å². The fourth-order valence-corrected chi connectivity index (χ4v) is 3.70. The van der Waals surface area contributed by atoms with Gasteiger partial charge < -0.3 is 15.0 Å². The van der Waals surface area contributed by atoms with Crippen LogP contribution in [0.25, 0.3) is 0 Å². The van der Waals surface area contributed by atoms with Gasteiger partial charge in [0.1, 0.15) is 5.75 Å². The van der Waals surface area contributed by atoms with Crippen molar-refractivity contribution in [1.29, 1.82) is 0 Å². The van der Waals surface area contributed by atoms with E-state index in [4.69, 9.17) is 4.74 Å². The van der Waals surface area contributed by atoms with Crippen LogP contribution in [0.4, 0.5) is 0 Å². The lowest BCUT2D eigenvalue weighted by atomic mass is 10.1. The Bertz CT molecular complexity index is 609. The topological polar surface area (TPSA) is 58.6 Å². The standard InChI is InChI=1S/C20H28N2O3/c1-25-18-9-5-4-8-15(18)16-14-17(16)20(24)21-11-10-19(23)22-12-6-2-3-7-13-22/h4-5,8-9,16-17H,2-3,6-7,10-14H2,1H3,(H,21,24)/t16-,17+/m0/s1. The summed E-state index contributed by atoms with van der Waals surface area (Å²) in [5.41, 5.74) is 1.10. The molecule has 1 aliphatic heterocycles. The summed E-state index contributed by atoms with van der Waals surface area (Å²) < 4.78 is 5.38. The Morgan fingerprint density at radius 3 is 2.60 bits per heavy atom. The van der Waals surface area contributed by atoms with Crippen LogP contribution in [0.5, 0.6) is 5.75 Å². The summed E-state index contributed by atoms with van der Waals surface area (Å²) in [7, 11) is 1.66. The molecule has 1 aromatic carbocycles. The SMILES string of the molecule is COc1ccccc1[C@@H]1C[C@H]1C(=O)NCCC(=O)N1CCCCCC1. The highest BCUT2D eigenvalue weighted by molar-refractivity contribution is 5.84. The summed E-state index contributed by atoms with van der Waals surface area (Å²) in [5.74, 6) is 1.31. The number of methoxy groups -OCH3 is 1. The molecule has 1 heterocycles. The molecule has 25 heavy (non-hydrogen) atoms. The molecule has 0 bridgehead atoms. The monoisotopic (exact) mass is 344 g/mol. The Kier molecular flexibility index (Phi) is 5.95. The predicted molar refractivity (Wildman–Crippen MR) is 96.5 cm³/mol. The summed E-state index contributed by atoms with van der Waals surface area (Å²) in [6, 6.07) is 7.88. The van der Waals surface area contributed by atoms with Crippen LogP contribution >= 0.6 is 0 Å². The smallest absolute Gasteiger partial charge is 0.224 e. The highest BCUT2D eigenvalue weighted by atomic mass is 16.5. The zero-order chi connectivity index (χ0) is 17.6. The van der Waals surface area contributed by atoms with Crippen molar-refractivity contribution in [1.82, 2.24) is 10.2 Å². The molecule has 2 aliphatic rings. The highest BCUT2D eigenvalue weighted by Crippen LogP contribution is 2.50. The Morgan fingerprint density at radius 1 is 1.16 bits per heavy atom. The Hall–Kier alpha value is -2.04. The van der Waals surface area contributed by atoms with Gasteiger partial charge in [0.15, 0.2) is 0 Å². The minimum absolute atomic E-state index is 0.00425. The van der Waals surface area contributed by atoms with Crippen LogP contribution in [0.3, 0.4) is 0 Å². The van der Waals surface area contributed by atoms with E-state index in [1.807, 2.05) is 29.2 Å². The number of amides is 2. The van der Waals surface area contributed by atoms with Gasteiger partial charge >= 0.3 is 0 Å². The number of benzene rings is 1. The van der Waals surface area contributed by atoms with E-state index in [1.165, 1.54) is 12.8 Å². The second kappa shape index (κ2) is 8.37. The van der Waals surface area contributed by atoms with Crippen LogP contribution in [0.2, 0.25) is 0 Å². The van der Waals surface area contributed by atoms with Crippen molar-refractivity contribution in [2.24, 2.45) is 5.92 Å². The molecule has 3 rings (SSSR count). The van der Waals surface area contributed by atoms with Gasteiger partial charge in [-0.25, -0.2) is 0 Å². The summed E-state index contributed by atoms with van der Waals surface area (Å²) in [6.07, 6.45) is 5.88. The number of para-hydroxylation sites is 1. The minimum Gasteiger partial charge on any atom is -0.496 e. The molecule has 5 heteroatoms.